The van der Waals surface area contributed by atoms with Crippen LogP contribution in [0.5, 0.6) is 5.75 Å². The monoisotopic (exact) mass is 438 g/mol. The zero-order chi connectivity index (χ0) is 22.7. The van der Waals surface area contributed by atoms with E-state index in [4.69, 9.17) is 9.47 Å². The zero-order valence-corrected chi connectivity index (χ0v) is 17.9. The van der Waals surface area contributed by atoms with Crippen LogP contribution in [0.1, 0.15) is 31.4 Å². The molecule has 1 aliphatic rings. The highest BCUT2D eigenvalue weighted by Gasteiger charge is 2.24. The van der Waals surface area contributed by atoms with Crippen molar-refractivity contribution in [3.05, 3.63) is 90.3 Å². The summed E-state index contributed by atoms with van der Waals surface area (Å²) >= 11 is 0. The van der Waals surface area contributed by atoms with Crippen LogP contribution in [0.3, 0.4) is 0 Å². The fraction of sp³-hybridized carbons (Fsp3) is 0.259. The molecule has 4 rings (SSSR count). The smallest absolute Gasteiger partial charge is 0.201 e. The molecule has 1 aliphatic heterocycles. The number of ether oxygens (including phenoxy) is 2. The third-order valence-electron chi connectivity index (χ3n) is 5.87. The summed E-state index contributed by atoms with van der Waals surface area (Å²) in [6.07, 6.45) is 3.32. The van der Waals surface area contributed by atoms with Crippen LogP contribution in [0.15, 0.2) is 67.3 Å². The second-order valence-corrected chi connectivity index (χ2v) is 7.88. The van der Waals surface area contributed by atoms with Gasteiger partial charge in [0.15, 0.2) is 11.6 Å². The van der Waals surface area contributed by atoms with Crippen LogP contribution in [-0.2, 0) is 4.74 Å². The van der Waals surface area contributed by atoms with Crippen LogP contribution in [0, 0.1) is 23.4 Å². The number of benzene rings is 3. The molecule has 0 spiro atoms. The molecule has 0 bridgehead atoms. The standard InChI is InChI=1S/C27H25F3O2/c1-3-17-5-13-24(32-16-17)22-11-10-20(15-23(22)28)18-6-8-19(9-7-18)21-12-14-25(31-4-2)27(30)26(21)29/h3,6-12,14-15,17,24H,1,4-5,13,16H2,2H3. The molecule has 3 aromatic rings. The Labute approximate surface area is 186 Å². The lowest BCUT2D eigenvalue weighted by Crippen LogP contribution is -2.19. The van der Waals surface area contributed by atoms with Crippen LogP contribution in [0.2, 0.25) is 0 Å². The van der Waals surface area contributed by atoms with Crippen molar-refractivity contribution in [2.45, 2.75) is 25.9 Å². The summed E-state index contributed by atoms with van der Waals surface area (Å²) in [5.41, 5.74) is 2.71. The van der Waals surface area contributed by atoms with E-state index in [1.165, 1.54) is 18.2 Å². The molecule has 2 atom stereocenters. The van der Waals surface area contributed by atoms with E-state index in [1.807, 2.05) is 12.1 Å². The van der Waals surface area contributed by atoms with Gasteiger partial charge in [0.05, 0.1) is 19.3 Å². The second-order valence-electron chi connectivity index (χ2n) is 7.88. The molecule has 0 aromatic heterocycles. The topological polar surface area (TPSA) is 18.5 Å². The van der Waals surface area contributed by atoms with Crippen LogP contribution in [0.25, 0.3) is 22.3 Å². The first-order chi connectivity index (χ1) is 15.5. The van der Waals surface area contributed by atoms with Gasteiger partial charge in [-0.25, -0.2) is 8.78 Å². The maximum atomic E-state index is 14.8. The summed E-state index contributed by atoms with van der Waals surface area (Å²) in [7, 11) is 0. The van der Waals surface area contributed by atoms with Crippen molar-refractivity contribution in [3.63, 3.8) is 0 Å². The summed E-state index contributed by atoms with van der Waals surface area (Å²) in [6.45, 7) is 6.31. The maximum Gasteiger partial charge on any atom is 0.201 e. The molecule has 5 heteroatoms. The van der Waals surface area contributed by atoms with Crippen molar-refractivity contribution in [1.29, 1.82) is 0 Å². The predicted octanol–water partition coefficient (Wildman–Crippen LogP) is 7.49. The highest BCUT2D eigenvalue weighted by Crippen LogP contribution is 2.35. The quantitative estimate of drug-likeness (QED) is 0.371. The molecule has 0 amide bonds. The first-order valence-corrected chi connectivity index (χ1v) is 10.8. The summed E-state index contributed by atoms with van der Waals surface area (Å²) in [5, 5.41) is 0. The lowest BCUT2D eigenvalue weighted by molar-refractivity contribution is -0.00700. The Morgan fingerprint density at radius 1 is 0.938 bits per heavy atom. The van der Waals surface area contributed by atoms with E-state index in [1.54, 1.807) is 37.3 Å². The van der Waals surface area contributed by atoms with Crippen LogP contribution < -0.4 is 4.74 Å². The largest absolute Gasteiger partial charge is 0.491 e. The maximum absolute atomic E-state index is 14.8. The van der Waals surface area contributed by atoms with E-state index in [9.17, 15) is 13.2 Å². The SMILES string of the molecule is C=CC1CCC(c2ccc(-c3ccc(-c4ccc(OCC)c(F)c4F)cc3)cc2F)OC1. The minimum Gasteiger partial charge on any atom is -0.491 e. The van der Waals surface area contributed by atoms with Gasteiger partial charge in [-0.2, -0.15) is 4.39 Å². The molecule has 2 nitrogen and oxygen atoms in total. The van der Waals surface area contributed by atoms with E-state index in [0.29, 0.717) is 29.2 Å². The van der Waals surface area contributed by atoms with Crippen molar-refractivity contribution in [3.8, 4) is 28.0 Å². The molecule has 1 heterocycles. The third-order valence-corrected chi connectivity index (χ3v) is 5.87. The Balaban J connectivity index is 1.54. The zero-order valence-electron chi connectivity index (χ0n) is 17.9. The Kier molecular flexibility index (Phi) is 6.66. The molecular formula is C27H25F3O2. The minimum absolute atomic E-state index is 0.108. The van der Waals surface area contributed by atoms with Gasteiger partial charge >= 0.3 is 0 Å². The van der Waals surface area contributed by atoms with Gasteiger partial charge in [0.2, 0.25) is 5.82 Å². The number of halogens is 3. The first kappa shape index (κ1) is 22.2. The minimum atomic E-state index is -1.00. The summed E-state index contributed by atoms with van der Waals surface area (Å²) < 4.78 is 54.4. The molecule has 3 aromatic carbocycles. The normalized spacial score (nSPS) is 18.4. The summed E-state index contributed by atoms with van der Waals surface area (Å²) in [4.78, 5) is 0. The molecule has 1 saturated heterocycles. The molecule has 2 unspecified atom stereocenters. The highest BCUT2D eigenvalue weighted by molar-refractivity contribution is 5.71. The van der Waals surface area contributed by atoms with Crippen molar-refractivity contribution < 1.29 is 22.6 Å². The predicted molar refractivity (Wildman–Crippen MR) is 120 cm³/mol. The Morgan fingerprint density at radius 2 is 1.66 bits per heavy atom. The molecule has 0 aliphatic carbocycles. The Bertz CT molecular complexity index is 1100. The fourth-order valence-corrected chi connectivity index (χ4v) is 4.03. The Hall–Kier alpha value is -3.05. The average Bonchev–Trinajstić information content (AvgIpc) is 2.82. The van der Waals surface area contributed by atoms with Gasteiger partial charge in [-0.1, -0.05) is 42.5 Å². The second kappa shape index (κ2) is 9.61. The van der Waals surface area contributed by atoms with Gasteiger partial charge in [0, 0.05) is 17.0 Å². The van der Waals surface area contributed by atoms with Gasteiger partial charge in [-0.05, 0) is 54.7 Å². The molecule has 0 saturated carbocycles. The number of hydrogen-bond donors (Lipinski definition) is 0. The fourth-order valence-electron chi connectivity index (χ4n) is 4.03. The molecule has 0 radical (unpaired) electrons. The highest BCUT2D eigenvalue weighted by atomic mass is 19.2. The molecule has 0 N–H and O–H groups in total. The lowest BCUT2D eigenvalue weighted by atomic mass is 9.93. The molecule has 1 fully saturated rings. The van der Waals surface area contributed by atoms with Gasteiger partial charge in [-0.3, -0.25) is 0 Å². The first-order valence-electron chi connectivity index (χ1n) is 10.8. The van der Waals surface area contributed by atoms with Crippen LogP contribution in [0.4, 0.5) is 13.2 Å². The number of hydrogen-bond acceptors (Lipinski definition) is 2. The van der Waals surface area contributed by atoms with Gasteiger partial charge in [0.1, 0.15) is 5.82 Å². The summed E-state index contributed by atoms with van der Waals surface area (Å²) in [5.74, 6) is -2.06. The van der Waals surface area contributed by atoms with Gasteiger partial charge < -0.3 is 9.47 Å². The van der Waals surface area contributed by atoms with Crippen molar-refractivity contribution >= 4 is 0 Å². The van der Waals surface area contributed by atoms with E-state index in [-0.39, 0.29) is 29.8 Å². The molecule has 166 valence electrons. The average molecular weight is 438 g/mol. The Morgan fingerprint density at radius 3 is 2.28 bits per heavy atom. The van der Waals surface area contributed by atoms with Gasteiger partial charge in [0.25, 0.3) is 0 Å². The van der Waals surface area contributed by atoms with E-state index < -0.39 is 11.6 Å². The van der Waals surface area contributed by atoms with Crippen LogP contribution in [-0.4, -0.2) is 13.2 Å². The summed E-state index contributed by atoms with van der Waals surface area (Å²) in [6, 6.07) is 14.9. The lowest BCUT2D eigenvalue weighted by Gasteiger charge is -2.28. The molecule has 32 heavy (non-hydrogen) atoms. The van der Waals surface area contributed by atoms with Crippen LogP contribution >= 0.6 is 0 Å². The van der Waals surface area contributed by atoms with Crippen molar-refractivity contribution in [2.75, 3.05) is 13.2 Å². The third kappa shape index (κ3) is 4.44. The van der Waals surface area contributed by atoms with Crippen molar-refractivity contribution in [2.24, 2.45) is 5.92 Å². The molecular weight excluding hydrogens is 413 g/mol. The van der Waals surface area contributed by atoms with E-state index >= 15 is 0 Å². The van der Waals surface area contributed by atoms with Gasteiger partial charge in [-0.15, -0.1) is 6.58 Å². The van der Waals surface area contributed by atoms with Crippen molar-refractivity contribution in [1.82, 2.24) is 0 Å². The van der Waals surface area contributed by atoms with E-state index in [2.05, 4.69) is 6.58 Å². The number of rotatable bonds is 6. The van der Waals surface area contributed by atoms with E-state index in [0.717, 1.165) is 18.4 Å².